The van der Waals surface area contributed by atoms with Crippen molar-refractivity contribution in [3.8, 4) is 11.3 Å². The smallest absolute Gasteiger partial charge is 0.248 e. The molecule has 25 heavy (non-hydrogen) atoms. The molecule has 3 rings (SSSR count). The van der Waals surface area contributed by atoms with Gasteiger partial charge in [-0.05, 0) is 55.0 Å². The van der Waals surface area contributed by atoms with Crippen molar-refractivity contribution in [3.05, 3.63) is 82.0 Å². The van der Waals surface area contributed by atoms with Crippen molar-refractivity contribution in [3.63, 3.8) is 0 Å². The van der Waals surface area contributed by atoms with Gasteiger partial charge in [0.15, 0.2) is 0 Å². The van der Waals surface area contributed by atoms with Crippen molar-refractivity contribution in [2.24, 2.45) is 0 Å². The molecule has 2 aromatic carbocycles. The number of amides is 1. The maximum Gasteiger partial charge on any atom is 0.248 e. The van der Waals surface area contributed by atoms with Gasteiger partial charge < -0.3 is 9.73 Å². The minimum absolute atomic E-state index is 0.263. The summed E-state index contributed by atoms with van der Waals surface area (Å²) >= 11 is 12.2. The molecule has 1 aromatic heterocycles. The lowest BCUT2D eigenvalue weighted by molar-refractivity contribution is -0.111. The summed E-state index contributed by atoms with van der Waals surface area (Å²) in [5.41, 5.74) is 2.31. The van der Waals surface area contributed by atoms with E-state index < -0.39 is 0 Å². The SMILES string of the molecule is Cc1c(Cl)cccc1NC(=O)/C=C/c1ccc(-c2ccccc2Cl)o1. The third-order valence-corrected chi connectivity index (χ3v) is 4.43. The zero-order chi connectivity index (χ0) is 17.8. The number of carbonyl (C=O) groups is 1. The van der Waals surface area contributed by atoms with Crippen molar-refractivity contribution >= 4 is 40.9 Å². The van der Waals surface area contributed by atoms with Crippen molar-refractivity contribution < 1.29 is 9.21 Å². The van der Waals surface area contributed by atoms with Crippen LogP contribution in [0.3, 0.4) is 0 Å². The van der Waals surface area contributed by atoms with Crippen LogP contribution in [-0.4, -0.2) is 5.91 Å². The molecule has 126 valence electrons. The number of carbonyl (C=O) groups excluding carboxylic acids is 1. The lowest BCUT2D eigenvalue weighted by Gasteiger charge is -2.07. The van der Waals surface area contributed by atoms with Crippen LogP contribution in [0.4, 0.5) is 5.69 Å². The summed E-state index contributed by atoms with van der Waals surface area (Å²) in [7, 11) is 0. The van der Waals surface area contributed by atoms with Gasteiger partial charge >= 0.3 is 0 Å². The fourth-order valence-corrected chi connectivity index (χ4v) is 2.73. The maximum absolute atomic E-state index is 12.1. The van der Waals surface area contributed by atoms with Crippen LogP contribution in [-0.2, 0) is 4.79 Å². The first-order chi connectivity index (χ1) is 12.0. The first-order valence-electron chi connectivity index (χ1n) is 7.63. The Morgan fingerprint density at radius 3 is 2.56 bits per heavy atom. The van der Waals surface area contributed by atoms with Crippen LogP contribution in [0.5, 0.6) is 0 Å². The first-order valence-corrected chi connectivity index (χ1v) is 8.39. The average Bonchev–Trinajstić information content (AvgIpc) is 3.06. The lowest BCUT2D eigenvalue weighted by Crippen LogP contribution is -2.08. The summed E-state index contributed by atoms with van der Waals surface area (Å²) in [6.07, 6.45) is 3.02. The predicted octanol–water partition coefficient (Wildman–Crippen LogP) is 6.21. The van der Waals surface area contributed by atoms with E-state index >= 15 is 0 Å². The number of rotatable bonds is 4. The van der Waals surface area contributed by atoms with Crippen molar-refractivity contribution in [1.29, 1.82) is 0 Å². The van der Waals surface area contributed by atoms with E-state index in [1.807, 2.05) is 31.2 Å². The van der Waals surface area contributed by atoms with Gasteiger partial charge in [0.25, 0.3) is 0 Å². The van der Waals surface area contributed by atoms with Crippen LogP contribution in [0.15, 0.2) is 65.1 Å². The molecule has 5 heteroatoms. The molecule has 1 heterocycles. The van der Waals surface area contributed by atoms with Gasteiger partial charge in [-0.2, -0.15) is 0 Å². The highest BCUT2D eigenvalue weighted by Crippen LogP contribution is 2.29. The van der Waals surface area contributed by atoms with E-state index in [-0.39, 0.29) is 5.91 Å². The van der Waals surface area contributed by atoms with E-state index in [0.29, 0.717) is 27.3 Å². The minimum atomic E-state index is -0.263. The molecule has 0 fully saturated rings. The van der Waals surface area contributed by atoms with Gasteiger partial charge in [-0.15, -0.1) is 0 Å². The Bertz CT molecular complexity index is 944. The van der Waals surface area contributed by atoms with E-state index in [1.165, 1.54) is 6.08 Å². The summed E-state index contributed by atoms with van der Waals surface area (Å²) in [4.78, 5) is 12.1. The molecule has 0 radical (unpaired) electrons. The van der Waals surface area contributed by atoms with Crippen molar-refractivity contribution in [2.75, 3.05) is 5.32 Å². The zero-order valence-corrected chi connectivity index (χ0v) is 14.9. The molecule has 0 unspecified atom stereocenters. The maximum atomic E-state index is 12.1. The molecule has 3 nitrogen and oxygen atoms in total. The van der Waals surface area contributed by atoms with Gasteiger partial charge in [-0.3, -0.25) is 4.79 Å². The third kappa shape index (κ3) is 4.13. The summed E-state index contributed by atoms with van der Waals surface area (Å²) in [6, 6.07) is 16.4. The second-order valence-electron chi connectivity index (χ2n) is 5.42. The second-order valence-corrected chi connectivity index (χ2v) is 6.23. The second kappa shape index (κ2) is 7.60. The van der Waals surface area contributed by atoms with E-state index in [9.17, 15) is 4.79 Å². The topological polar surface area (TPSA) is 42.2 Å². The molecule has 0 spiro atoms. The van der Waals surface area contributed by atoms with Gasteiger partial charge in [0.1, 0.15) is 11.5 Å². The normalized spacial score (nSPS) is 11.0. The fourth-order valence-electron chi connectivity index (χ4n) is 2.32. The highest BCUT2D eigenvalue weighted by molar-refractivity contribution is 6.33. The molecule has 0 saturated carbocycles. The molecule has 0 aliphatic carbocycles. The highest BCUT2D eigenvalue weighted by Gasteiger charge is 2.08. The van der Waals surface area contributed by atoms with E-state index in [2.05, 4.69) is 5.32 Å². The van der Waals surface area contributed by atoms with Crippen LogP contribution in [0, 0.1) is 6.92 Å². The van der Waals surface area contributed by atoms with E-state index in [4.69, 9.17) is 27.6 Å². The molecule has 0 saturated heterocycles. The number of hydrogen-bond acceptors (Lipinski definition) is 2. The van der Waals surface area contributed by atoms with Gasteiger partial charge in [-0.1, -0.05) is 41.4 Å². The average molecular weight is 372 g/mol. The molecule has 0 aliphatic rings. The largest absolute Gasteiger partial charge is 0.457 e. The van der Waals surface area contributed by atoms with Crippen LogP contribution >= 0.6 is 23.2 Å². The molecule has 0 atom stereocenters. The quantitative estimate of drug-likeness (QED) is 0.553. The number of halogens is 2. The van der Waals surface area contributed by atoms with E-state index in [1.54, 1.807) is 36.4 Å². The highest BCUT2D eigenvalue weighted by atomic mass is 35.5. The van der Waals surface area contributed by atoms with Crippen molar-refractivity contribution in [2.45, 2.75) is 6.92 Å². The Labute approximate surface area is 155 Å². The van der Waals surface area contributed by atoms with Gasteiger partial charge in [-0.25, -0.2) is 0 Å². The third-order valence-electron chi connectivity index (χ3n) is 3.69. The lowest BCUT2D eigenvalue weighted by atomic mass is 10.2. The van der Waals surface area contributed by atoms with Crippen molar-refractivity contribution in [1.82, 2.24) is 0 Å². The number of furan rings is 1. The number of benzene rings is 2. The fraction of sp³-hybridized carbons (Fsp3) is 0.0500. The number of anilines is 1. The van der Waals surface area contributed by atoms with Crippen LogP contribution in [0.1, 0.15) is 11.3 Å². The Morgan fingerprint density at radius 1 is 1.00 bits per heavy atom. The Kier molecular flexibility index (Phi) is 5.27. The number of nitrogens with one attached hydrogen (secondary N) is 1. The zero-order valence-electron chi connectivity index (χ0n) is 13.4. The molecule has 0 aliphatic heterocycles. The molecular formula is C20H15Cl2NO2. The summed E-state index contributed by atoms with van der Waals surface area (Å²) in [6.45, 7) is 1.85. The van der Waals surface area contributed by atoms with Crippen LogP contribution in [0.2, 0.25) is 10.0 Å². The first kappa shape index (κ1) is 17.3. The number of hydrogen-bond donors (Lipinski definition) is 1. The Hall–Kier alpha value is -2.49. The monoisotopic (exact) mass is 371 g/mol. The summed E-state index contributed by atoms with van der Waals surface area (Å²) in [5, 5.41) is 4.02. The summed E-state index contributed by atoms with van der Waals surface area (Å²) in [5.74, 6) is 0.949. The minimum Gasteiger partial charge on any atom is -0.457 e. The Balaban J connectivity index is 1.71. The van der Waals surface area contributed by atoms with Crippen LogP contribution < -0.4 is 5.32 Å². The predicted molar refractivity (Wildman–Crippen MR) is 103 cm³/mol. The standard InChI is InChI=1S/C20H15Cl2NO2/c1-13-16(21)7-4-8-18(13)23-20(24)12-10-14-9-11-19(25-14)15-5-2-3-6-17(15)22/h2-12H,1H3,(H,23,24)/b12-10+. The van der Waals surface area contributed by atoms with E-state index in [0.717, 1.165) is 11.1 Å². The van der Waals surface area contributed by atoms with Gasteiger partial charge in [0.05, 0.1) is 5.02 Å². The molecule has 3 aromatic rings. The molecule has 0 bridgehead atoms. The van der Waals surface area contributed by atoms with Crippen LogP contribution in [0.25, 0.3) is 17.4 Å². The summed E-state index contributed by atoms with van der Waals surface area (Å²) < 4.78 is 5.72. The van der Waals surface area contributed by atoms with Gasteiger partial charge in [0.2, 0.25) is 5.91 Å². The van der Waals surface area contributed by atoms with Gasteiger partial charge in [0, 0.05) is 22.3 Å². The molecule has 1 amide bonds. The molecule has 1 N–H and O–H groups in total. The Morgan fingerprint density at radius 2 is 1.76 bits per heavy atom. The molecular weight excluding hydrogens is 357 g/mol.